The van der Waals surface area contributed by atoms with Gasteiger partial charge in [-0.15, -0.1) is 36.2 Å². The lowest BCUT2D eigenvalue weighted by molar-refractivity contribution is -0.131. The molecule has 1 aliphatic heterocycles. The lowest BCUT2D eigenvalue weighted by atomic mass is 10.2. The van der Waals surface area contributed by atoms with Crippen molar-refractivity contribution in [1.29, 1.82) is 0 Å². The minimum atomic E-state index is 0. The highest BCUT2D eigenvalue weighted by Crippen LogP contribution is 2.30. The molecule has 24 heavy (non-hydrogen) atoms. The Balaban J connectivity index is 0.00000144. The molecule has 2 aromatic rings. The SMILES string of the molecule is CC1CN(C(=O)Cc2csc(-c3ccccc3Cl)n2)CCN1.Cl.Cl. The van der Waals surface area contributed by atoms with Gasteiger partial charge >= 0.3 is 0 Å². The quantitative estimate of drug-likeness (QED) is 0.843. The smallest absolute Gasteiger partial charge is 0.228 e. The lowest BCUT2D eigenvalue weighted by Crippen LogP contribution is -2.51. The Kier molecular flexibility index (Phi) is 8.46. The topological polar surface area (TPSA) is 45.2 Å². The molecule has 2 heterocycles. The summed E-state index contributed by atoms with van der Waals surface area (Å²) in [5.41, 5.74) is 1.74. The summed E-state index contributed by atoms with van der Waals surface area (Å²) in [6.07, 6.45) is 0.355. The van der Waals surface area contributed by atoms with Crippen LogP contribution in [-0.4, -0.2) is 41.5 Å². The van der Waals surface area contributed by atoms with Crippen LogP contribution in [0.4, 0.5) is 0 Å². The second kappa shape index (κ2) is 9.59. The average molecular weight is 409 g/mol. The van der Waals surface area contributed by atoms with Crippen LogP contribution in [0.3, 0.4) is 0 Å². The highest BCUT2D eigenvalue weighted by atomic mass is 35.5. The Bertz CT molecular complexity index is 680. The van der Waals surface area contributed by atoms with Crippen LogP contribution >= 0.6 is 47.8 Å². The van der Waals surface area contributed by atoms with E-state index in [1.54, 1.807) is 0 Å². The Labute approximate surface area is 163 Å². The van der Waals surface area contributed by atoms with Crippen molar-refractivity contribution in [3.05, 3.63) is 40.4 Å². The van der Waals surface area contributed by atoms with Gasteiger partial charge in [0, 0.05) is 36.6 Å². The van der Waals surface area contributed by atoms with Gasteiger partial charge in [-0.1, -0.05) is 29.8 Å². The van der Waals surface area contributed by atoms with Crippen LogP contribution in [0.5, 0.6) is 0 Å². The number of nitrogens with one attached hydrogen (secondary N) is 1. The normalized spacial score (nSPS) is 16.9. The number of carbonyl (C=O) groups excluding carboxylic acids is 1. The van der Waals surface area contributed by atoms with Gasteiger partial charge in [0.15, 0.2) is 0 Å². The number of carbonyl (C=O) groups is 1. The summed E-state index contributed by atoms with van der Waals surface area (Å²) in [4.78, 5) is 18.8. The molecular formula is C16H20Cl3N3OS. The first-order valence-corrected chi connectivity index (χ1v) is 8.59. The zero-order chi connectivity index (χ0) is 15.5. The molecule has 1 aliphatic rings. The van der Waals surface area contributed by atoms with Crippen LogP contribution < -0.4 is 5.32 Å². The molecule has 1 unspecified atom stereocenters. The molecule has 0 spiro atoms. The van der Waals surface area contributed by atoms with E-state index in [9.17, 15) is 4.79 Å². The van der Waals surface area contributed by atoms with E-state index in [0.29, 0.717) is 17.5 Å². The molecule has 1 saturated heterocycles. The van der Waals surface area contributed by atoms with Crippen LogP contribution in [0.1, 0.15) is 12.6 Å². The van der Waals surface area contributed by atoms with Crippen molar-refractivity contribution in [2.45, 2.75) is 19.4 Å². The van der Waals surface area contributed by atoms with Crippen LogP contribution in [0.25, 0.3) is 10.6 Å². The number of benzene rings is 1. The van der Waals surface area contributed by atoms with Gasteiger partial charge in [0.1, 0.15) is 5.01 Å². The van der Waals surface area contributed by atoms with E-state index in [-0.39, 0.29) is 30.7 Å². The molecule has 1 N–H and O–H groups in total. The van der Waals surface area contributed by atoms with E-state index in [0.717, 1.165) is 35.9 Å². The summed E-state index contributed by atoms with van der Waals surface area (Å²) in [6.45, 7) is 4.48. The first-order chi connectivity index (χ1) is 10.6. The molecule has 1 amide bonds. The largest absolute Gasteiger partial charge is 0.340 e. The summed E-state index contributed by atoms with van der Waals surface area (Å²) in [5, 5.41) is 6.84. The van der Waals surface area contributed by atoms with Crippen LogP contribution in [0, 0.1) is 0 Å². The number of halogens is 3. The Hall–Kier alpha value is -0.850. The summed E-state index contributed by atoms with van der Waals surface area (Å²) < 4.78 is 0. The van der Waals surface area contributed by atoms with Crippen molar-refractivity contribution < 1.29 is 4.79 Å². The van der Waals surface area contributed by atoms with Crippen LogP contribution in [0.2, 0.25) is 5.02 Å². The maximum atomic E-state index is 12.4. The summed E-state index contributed by atoms with van der Waals surface area (Å²) in [6, 6.07) is 7.99. The fraction of sp³-hybridized carbons (Fsp3) is 0.375. The number of piperazine rings is 1. The highest BCUT2D eigenvalue weighted by molar-refractivity contribution is 7.13. The van der Waals surface area contributed by atoms with E-state index < -0.39 is 0 Å². The highest BCUT2D eigenvalue weighted by Gasteiger charge is 2.21. The Morgan fingerprint density at radius 1 is 1.42 bits per heavy atom. The first-order valence-electron chi connectivity index (χ1n) is 7.34. The molecule has 0 aliphatic carbocycles. The number of amides is 1. The van der Waals surface area contributed by atoms with Gasteiger partial charge in [-0.3, -0.25) is 4.79 Å². The second-order valence-electron chi connectivity index (χ2n) is 5.50. The molecule has 4 nitrogen and oxygen atoms in total. The molecule has 1 aromatic carbocycles. The molecular weight excluding hydrogens is 389 g/mol. The summed E-state index contributed by atoms with van der Waals surface area (Å²) >= 11 is 7.72. The van der Waals surface area contributed by atoms with Crippen molar-refractivity contribution in [2.75, 3.05) is 19.6 Å². The van der Waals surface area contributed by atoms with Crippen molar-refractivity contribution in [1.82, 2.24) is 15.2 Å². The molecule has 0 bridgehead atoms. The van der Waals surface area contributed by atoms with Gasteiger partial charge in [0.25, 0.3) is 0 Å². The minimum Gasteiger partial charge on any atom is -0.340 e. The summed E-state index contributed by atoms with van der Waals surface area (Å²) in [7, 11) is 0. The molecule has 1 fully saturated rings. The molecule has 1 aromatic heterocycles. The van der Waals surface area contributed by atoms with Gasteiger partial charge in [-0.2, -0.15) is 0 Å². The molecule has 132 valence electrons. The van der Waals surface area contributed by atoms with Gasteiger partial charge in [0.2, 0.25) is 5.91 Å². The number of aromatic nitrogens is 1. The van der Waals surface area contributed by atoms with Crippen LogP contribution in [0.15, 0.2) is 29.6 Å². The number of nitrogens with zero attached hydrogens (tertiary/aromatic N) is 2. The van der Waals surface area contributed by atoms with E-state index in [1.807, 2.05) is 34.5 Å². The van der Waals surface area contributed by atoms with Crippen molar-refractivity contribution in [3.8, 4) is 10.6 Å². The average Bonchev–Trinajstić information content (AvgIpc) is 2.96. The zero-order valence-corrected chi connectivity index (χ0v) is 16.4. The minimum absolute atomic E-state index is 0. The van der Waals surface area contributed by atoms with Gasteiger partial charge in [0.05, 0.1) is 17.1 Å². The maximum Gasteiger partial charge on any atom is 0.228 e. The van der Waals surface area contributed by atoms with Gasteiger partial charge in [-0.25, -0.2) is 4.98 Å². The number of hydrogen-bond acceptors (Lipinski definition) is 4. The van der Waals surface area contributed by atoms with Crippen molar-refractivity contribution in [2.24, 2.45) is 0 Å². The molecule has 8 heteroatoms. The molecule has 0 radical (unpaired) electrons. The Morgan fingerprint density at radius 3 is 2.88 bits per heavy atom. The third-order valence-electron chi connectivity index (χ3n) is 3.71. The monoisotopic (exact) mass is 407 g/mol. The Morgan fingerprint density at radius 2 is 2.17 bits per heavy atom. The standard InChI is InChI=1S/C16H18ClN3OS.2ClH/c1-11-9-20(7-6-18-11)15(21)8-12-10-22-16(19-12)13-4-2-3-5-14(13)17;;/h2-5,10-11,18H,6-9H2,1H3;2*1H. The summed E-state index contributed by atoms with van der Waals surface area (Å²) in [5.74, 6) is 0.143. The van der Waals surface area contributed by atoms with Crippen molar-refractivity contribution in [3.63, 3.8) is 0 Å². The fourth-order valence-corrected chi connectivity index (χ4v) is 3.71. The van der Waals surface area contributed by atoms with E-state index in [1.165, 1.54) is 11.3 Å². The fourth-order valence-electron chi connectivity index (χ4n) is 2.57. The van der Waals surface area contributed by atoms with Gasteiger partial charge < -0.3 is 10.2 Å². The lowest BCUT2D eigenvalue weighted by Gasteiger charge is -2.31. The van der Waals surface area contributed by atoms with Crippen molar-refractivity contribution >= 4 is 53.7 Å². The maximum absolute atomic E-state index is 12.4. The number of thiazole rings is 1. The third kappa shape index (κ3) is 5.07. The van der Waals surface area contributed by atoms with Gasteiger partial charge in [-0.05, 0) is 13.0 Å². The van der Waals surface area contributed by atoms with Crippen LogP contribution in [-0.2, 0) is 11.2 Å². The predicted octanol–water partition coefficient (Wildman–Crippen LogP) is 3.67. The predicted molar refractivity (Wildman–Crippen MR) is 105 cm³/mol. The first kappa shape index (κ1) is 21.2. The number of rotatable bonds is 3. The molecule has 1 atom stereocenters. The molecule has 0 saturated carbocycles. The molecule has 3 rings (SSSR count). The van der Waals surface area contributed by atoms with E-state index >= 15 is 0 Å². The van der Waals surface area contributed by atoms with E-state index in [2.05, 4.69) is 17.2 Å². The second-order valence-corrected chi connectivity index (χ2v) is 6.76. The zero-order valence-electron chi connectivity index (χ0n) is 13.2. The third-order valence-corrected chi connectivity index (χ3v) is 4.96. The number of hydrogen-bond donors (Lipinski definition) is 1. The van der Waals surface area contributed by atoms with E-state index in [4.69, 9.17) is 11.6 Å².